The molecule has 1 aliphatic rings. The molecule has 2 nitrogen and oxygen atoms in total. The molecule has 18 heavy (non-hydrogen) atoms. The molecule has 3 heteroatoms. The van der Waals surface area contributed by atoms with Gasteiger partial charge in [-0.05, 0) is 28.8 Å². The first kappa shape index (κ1) is 11.4. The molecule has 2 atom stereocenters. The Kier molecular flexibility index (Phi) is 2.65. The van der Waals surface area contributed by atoms with Gasteiger partial charge in [0, 0.05) is 5.92 Å². The molecule has 0 amide bonds. The number of hydrogen-bond acceptors (Lipinski definition) is 2. The summed E-state index contributed by atoms with van der Waals surface area (Å²) in [5.74, 6) is -0.749. The Morgan fingerprint density at radius 3 is 1.78 bits per heavy atom. The molecule has 0 fully saturated rings. The van der Waals surface area contributed by atoms with E-state index in [9.17, 15) is 14.6 Å². The average molecular weight is 244 g/mol. The van der Waals surface area contributed by atoms with Crippen molar-refractivity contribution in [1.82, 2.24) is 0 Å². The summed E-state index contributed by atoms with van der Waals surface area (Å²) in [6.45, 7) is 0. The van der Waals surface area contributed by atoms with Gasteiger partial charge >= 0.3 is 0 Å². The second-order valence-corrected chi connectivity index (χ2v) is 4.60. The lowest BCUT2D eigenvalue weighted by atomic mass is 9.92. The van der Waals surface area contributed by atoms with Crippen LogP contribution in [0.25, 0.3) is 0 Å². The Hall–Kier alpha value is -1.71. The van der Waals surface area contributed by atoms with Crippen molar-refractivity contribution in [2.24, 2.45) is 0 Å². The van der Waals surface area contributed by atoms with E-state index in [2.05, 4.69) is 0 Å². The number of halogens is 1. The molecular weight excluding hydrogens is 231 g/mol. The van der Waals surface area contributed by atoms with Crippen LogP contribution in [0.15, 0.2) is 48.5 Å². The van der Waals surface area contributed by atoms with E-state index in [1.165, 1.54) is 12.1 Å². The number of benzene rings is 2. The van der Waals surface area contributed by atoms with Gasteiger partial charge in [-0.15, -0.1) is 0 Å². The molecule has 0 radical (unpaired) electrons. The second kappa shape index (κ2) is 4.19. The fraction of sp³-hybridized carbons (Fsp3) is 0.200. The van der Waals surface area contributed by atoms with Crippen LogP contribution in [0.4, 0.5) is 4.39 Å². The van der Waals surface area contributed by atoms with Gasteiger partial charge in [0.05, 0.1) is 12.2 Å². The second-order valence-electron chi connectivity index (χ2n) is 4.60. The Labute approximate surface area is 104 Å². The van der Waals surface area contributed by atoms with Crippen LogP contribution in [0.2, 0.25) is 0 Å². The molecule has 3 rings (SSSR count). The van der Waals surface area contributed by atoms with Gasteiger partial charge in [0.25, 0.3) is 0 Å². The van der Waals surface area contributed by atoms with Gasteiger partial charge in [-0.3, -0.25) is 0 Å². The van der Waals surface area contributed by atoms with Crippen molar-refractivity contribution in [3.63, 3.8) is 0 Å². The predicted octanol–water partition coefficient (Wildman–Crippen LogP) is 2.69. The van der Waals surface area contributed by atoms with E-state index in [4.69, 9.17) is 0 Å². The van der Waals surface area contributed by atoms with E-state index in [0.717, 1.165) is 16.7 Å². The summed E-state index contributed by atoms with van der Waals surface area (Å²) in [7, 11) is 0. The van der Waals surface area contributed by atoms with Crippen molar-refractivity contribution in [2.75, 3.05) is 0 Å². The molecule has 2 aromatic carbocycles. The third-order valence-corrected chi connectivity index (χ3v) is 3.57. The minimum atomic E-state index is -0.748. The molecule has 0 aliphatic heterocycles. The number of aliphatic hydroxyl groups excluding tert-OH is 2. The third kappa shape index (κ3) is 1.64. The third-order valence-electron chi connectivity index (χ3n) is 3.57. The summed E-state index contributed by atoms with van der Waals surface area (Å²) >= 11 is 0. The minimum absolute atomic E-state index is 0.321. The Balaban J connectivity index is 2.03. The highest BCUT2D eigenvalue weighted by Gasteiger charge is 2.39. The van der Waals surface area contributed by atoms with E-state index in [0.29, 0.717) is 0 Å². The van der Waals surface area contributed by atoms with Crippen LogP contribution in [0.1, 0.15) is 34.8 Å². The molecule has 2 N–H and O–H groups in total. The van der Waals surface area contributed by atoms with Crippen LogP contribution in [0.5, 0.6) is 0 Å². The lowest BCUT2D eigenvalue weighted by Crippen LogP contribution is -2.09. The summed E-state index contributed by atoms with van der Waals surface area (Å²) in [4.78, 5) is 0. The smallest absolute Gasteiger partial charge is 0.123 e. The number of fused-ring (bicyclic) bond motifs is 1. The minimum Gasteiger partial charge on any atom is -0.388 e. The van der Waals surface area contributed by atoms with Gasteiger partial charge in [0.1, 0.15) is 5.82 Å². The molecule has 0 saturated heterocycles. The van der Waals surface area contributed by atoms with Crippen molar-refractivity contribution in [2.45, 2.75) is 18.1 Å². The molecule has 0 saturated carbocycles. The quantitative estimate of drug-likeness (QED) is 0.809. The Bertz CT molecular complexity index is 536. The largest absolute Gasteiger partial charge is 0.388 e. The van der Waals surface area contributed by atoms with Crippen LogP contribution >= 0.6 is 0 Å². The van der Waals surface area contributed by atoms with Crippen molar-refractivity contribution in [1.29, 1.82) is 0 Å². The molecule has 92 valence electrons. The highest BCUT2D eigenvalue weighted by Crippen LogP contribution is 2.49. The van der Waals surface area contributed by atoms with E-state index in [-0.39, 0.29) is 5.82 Å². The fourth-order valence-corrected chi connectivity index (χ4v) is 2.66. The van der Waals surface area contributed by atoms with Crippen LogP contribution in [-0.4, -0.2) is 10.2 Å². The summed E-state index contributed by atoms with van der Waals surface area (Å²) in [5.41, 5.74) is 2.24. The van der Waals surface area contributed by atoms with E-state index < -0.39 is 18.1 Å². The molecule has 2 aromatic rings. The zero-order valence-corrected chi connectivity index (χ0v) is 9.62. The van der Waals surface area contributed by atoms with Gasteiger partial charge in [-0.2, -0.15) is 0 Å². The highest BCUT2D eigenvalue weighted by atomic mass is 19.1. The fourth-order valence-electron chi connectivity index (χ4n) is 2.66. The maximum Gasteiger partial charge on any atom is 0.123 e. The highest BCUT2D eigenvalue weighted by molar-refractivity contribution is 5.42. The van der Waals surface area contributed by atoms with E-state index in [1.54, 1.807) is 12.1 Å². The summed E-state index contributed by atoms with van der Waals surface area (Å²) in [6, 6.07) is 13.2. The van der Waals surface area contributed by atoms with Gasteiger partial charge in [0.2, 0.25) is 0 Å². The zero-order chi connectivity index (χ0) is 12.7. The first-order valence-corrected chi connectivity index (χ1v) is 5.89. The monoisotopic (exact) mass is 244 g/mol. The number of rotatable bonds is 1. The maximum absolute atomic E-state index is 12.9. The van der Waals surface area contributed by atoms with Gasteiger partial charge in [-0.25, -0.2) is 4.39 Å². The van der Waals surface area contributed by atoms with Crippen LogP contribution < -0.4 is 0 Å². The van der Waals surface area contributed by atoms with Gasteiger partial charge in [-0.1, -0.05) is 36.4 Å². The van der Waals surface area contributed by atoms with Crippen LogP contribution in [0.3, 0.4) is 0 Å². The SMILES string of the molecule is O[C@H]1c2ccccc2[C@H](O)C1c1ccc(F)cc1. The number of hydrogen-bond donors (Lipinski definition) is 2. The van der Waals surface area contributed by atoms with Crippen molar-refractivity contribution in [3.05, 3.63) is 71.0 Å². The molecular formula is C15H13FO2. The maximum atomic E-state index is 12.9. The van der Waals surface area contributed by atoms with Crippen LogP contribution in [0, 0.1) is 5.82 Å². The molecule has 1 aliphatic carbocycles. The summed E-state index contributed by atoms with van der Waals surface area (Å²) in [6.07, 6.45) is -1.50. The average Bonchev–Trinajstić information content (AvgIpc) is 2.64. The molecule has 0 unspecified atom stereocenters. The van der Waals surface area contributed by atoms with Crippen LogP contribution in [-0.2, 0) is 0 Å². The van der Waals surface area contributed by atoms with Crippen molar-refractivity contribution >= 4 is 0 Å². The predicted molar refractivity (Wildman–Crippen MR) is 65.5 cm³/mol. The summed E-state index contributed by atoms with van der Waals surface area (Å²) in [5, 5.41) is 20.6. The lowest BCUT2D eigenvalue weighted by Gasteiger charge is -2.19. The van der Waals surface area contributed by atoms with Crippen molar-refractivity contribution in [3.8, 4) is 0 Å². The first-order valence-electron chi connectivity index (χ1n) is 5.89. The Morgan fingerprint density at radius 2 is 1.28 bits per heavy atom. The number of aliphatic hydroxyl groups is 2. The normalized spacial score (nSPS) is 23.1. The Morgan fingerprint density at radius 1 is 0.778 bits per heavy atom. The lowest BCUT2D eigenvalue weighted by molar-refractivity contribution is 0.0771. The zero-order valence-electron chi connectivity index (χ0n) is 9.62. The summed E-state index contributed by atoms with van der Waals surface area (Å²) < 4.78 is 12.9. The van der Waals surface area contributed by atoms with Crippen molar-refractivity contribution < 1.29 is 14.6 Å². The molecule has 0 bridgehead atoms. The molecule has 0 spiro atoms. The molecule has 0 heterocycles. The topological polar surface area (TPSA) is 40.5 Å². The van der Waals surface area contributed by atoms with Gasteiger partial charge in [0.15, 0.2) is 0 Å². The van der Waals surface area contributed by atoms with Gasteiger partial charge < -0.3 is 10.2 Å². The first-order chi connectivity index (χ1) is 8.68. The van der Waals surface area contributed by atoms with E-state index in [1.807, 2.05) is 24.3 Å². The van der Waals surface area contributed by atoms with E-state index >= 15 is 0 Å². The standard InChI is InChI=1S/C15H13FO2/c16-10-7-5-9(6-8-10)13-14(17)11-3-1-2-4-12(11)15(13)18/h1-8,13-15,17-18H/t14-,15-/m0/s1. The molecule has 0 aromatic heterocycles.